The van der Waals surface area contributed by atoms with E-state index < -0.39 is 0 Å². The highest BCUT2D eigenvalue weighted by atomic mass is 16.5. The summed E-state index contributed by atoms with van der Waals surface area (Å²) in [5, 5.41) is 19.3. The van der Waals surface area contributed by atoms with Crippen molar-refractivity contribution in [2.75, 3.05) is 21.3 Å². The second kappa shape index (κ2) is 6.76. The molecule has 2 rings (SSSR count). The van der Waals surface area contributed by atoms with E-state index in [0.29, 0.717) is 22.8 Å². The van der Waals surface area contributed by atoms with Gasteiger partial charge in [-0.1, -0.05) is 24.3 Å². The third-order valence-corrected chi connectivity index (χ3v) is 3.19. The highest BCUT2D eigenvalue weighted by molar-refractivity contribution is 5.75. The molecule has 0 atom stereocenters. The molecule has 5 nitrogen and oxygen atoms in total. The van der Waals surface area contributed by atoms with E-state index in [4.69, 9.17) is 14.2 Å². The van der Waals surface area contributed by atoms with Gasteiger partial charge in [0.1, 0.15) is 0 Å². The fourth-order valence-corrected chi connectivity index (χ4v) is 2.07. The number of rotatable bonds is 5. The fraction of sp³-hybridized carbons (Fsp3) is 0.176. The Balaban J connectivity index is 2.41. The van der Waals surface area contributed by atoms with E-state index in [1.807, 2.05) is 0 Å². The van der Waals surface area contributed by atoms with Gasteiger partial charge in [0, 0.05) is 5.56 Å². The SMILES string of the molecule is COc1cc(C=Cc2cccc(O)c2O)cc(OC)c1OC. The molecular weight excluding hydrogens is 284 g/mol. The third kappa shape index (κ3) is 3.09. The van der Waals surface area contributed by atoms with E-state index in [1.165, 1.54) is 6.07 Å². The summed E-state index contributed by atoms with van der Waals surface area (Å²) < 4.78 is 15.8. The number of hydrogen-bond acceptors (Lipinski definition) is 5. The first-order valence-electron chi connectivity index (χ1n) is 6.59. The zero-order chi connectivity index (χ0) is 16.1. The van der Waals surface area contributed by atoms with Gasteiger partial charge in [-0.05, 0) is 23.8 Å². The summed E-state index contributed by atoms with van der Waals surface area (Å²) in [5.74, 6) is 1.28. The van der Waals surface area contributed by atoms with Crippen molar-refractivity contribution in [1.82, 2.24) is 0 Å². The van der Waals surface area contributed by atoms with Crippen LogP contribution in [0.25, 0.3) is 12.2 Å². The summed E-state index contributed by atoms with van der Waals surface area (Å²) in [6, 6.07) is 8.36. The number of hydrogen-bond donors (Lipinski definition) is 2. The maximum Gasteiger partial charge on any atom is 0.203 e. The van der Waals surface area contributed by atoms with Crippen LogP contribution in [0.15, 0.2) is 30.3 Å². The number of phenols is 2. The molecule has 22 heavy (non-hydrogen) atoms. The van der Waals surface area contributed by atoms with Gasteiger partial charge in [-0.15, -0.1) is 0 Å². The molecule has 0 aliphatic heterocycles. The average molecular weight is 302 g/mol. The van der Waals surface area contributed by atoms with Crippen LogP contribution in [0, 0.1) is 0 Å². The molecule has 0 aliphatic rings. The molecule has 2 aromatic rings. The Morgan fingerprint density at radius 2 is 1.50 bits per heavy atom. The van der Waals surface area contributed by atoms with Crippen LogP contribution in [0.1, 0.15) is 11.1 Å². The molecule has 0 unspecified atom stereocenters. The van der Waals surface area contributed by atoms with E-state index in [0.717, 1.165) is 5.56 Å². The second-order valence-electron chi connectivity index (χ2n) is 4.51. The Labute approximate surface area is 129 Å². The number of aromatic hydroxyl groups is 2. The zero-order valence-corrected chi connectivity index (χ0v) is 12.7. The van der Waals surface area contributed by atoms with Crippen LogP contribution in [-0.4, -0.2) is 31.5 Å². The first-order valence-corrected chi connectivity index (χ1v) is 6.59. The minimum atomic E-state index is -0.161. The van der Waals surface area contributed by atoms with E-state index in [1.54, 1.807) is 57.7 Å². The molecule has 116 valence electrons. The smallest absolute Gasteiger partial charge is 0.203 e. The van der Waals surface area contributed by atoms with Gasteiger partial charge in [0.25, 0.3) is 0 Å². The third-order valence-electron chi connectivity index (χ3n) is 3.19. The largest absolute Gasteiger partial charge is 0.504 e. The Hall–Kier alpha value is -2.82. The van der Waals surface area contributed by atoms with E-state index in [2.05, 4.69) is 0 Å². The first-order chi connectivity index (χ1) is 10.6. The molecule has 2 aromatic carbocycles. The summed E-state index contributed by atoms with van der Waals surface area (Å²) >= 11 is 0. The van der Waals surface area contributed by atoms with Crippen molar-refractivity contribution < 1.29 is 24.4 Å². The molecule has 0 heterocycles. The summed E-state index contributed by atoms with van der Waals surface area (Å²) in [4.78, 5) is 0. The zero-order valence-electron chi connectivity index (χ0n) is 12.7. The average Bonchev–Trinajstić information content (AvgIpc) is 2.55. The predicted molar refractivity (Wildman–Crippen MR) is 84.8 cm³/mol. The summed E-state index contributed by atoms with van der Waals surface area (Å²) in [6.45, 7) is 0. The molecule has 0 fully saturated rings. The maximum atomic E-state index is 9.79. The molecule has 0 spiro atoms. The predicted octanol–water partition coefficient (Wildman–Crippen LogP) is 3.29. The van der Waals surface area contributed by atoms with Crippen LogP contribution >= 0.6 is 0 Å². The Bertz CT molecular complexity index is 666. The summed E-state index contributed by atoms with van der Waals surface area (Å²) in [6.07, 6.45) is 3.47. The molecule has 2 N–H and O–H groups in total. The molecule has 0 bridgehead atoms. The van der Waals surface area contributed by atoms with Gasteiger partial charge in [0.05, 0.1) is 21.3 Å². The first kappa shape index (κ1) is 15.6. The van der Waals surface area contributed by atoms with Gasteiger partial charge in [-0.2, -0.15) is 0 Å². The Kier molecular flexibility index (Phi) is 4.78. The molecule has 0 amide bonds. The molecule has 0 aromatic heterocycles. The molecular formula is C17H18O5. The highest BCUT2D eigenvalue weighted by Crippen LogP contribution is 2.39. The van der Waals surface area contributed by atoms with Crippen LogP contribution in [0.2, 0.25) is 0 Å². The number of methoxy groups -OCH3 is 3. The number of ether oxygens (including phenoxy) is 3. The lowest BCUT2D eigenvalue weighted by Gasteiger charge is -2.12. The lowest BCUT2D eigenvalue weighted by atomic mass is 10.1. The van der Waals surface area contributed by atoms with Crippen LogP contribution in [0.5, 0.6) is 28.7 Å². The minimum Gasteiger partial charge on any atom is -0.504 e. The van der Waals surface area contributed by atoms with Gasteiger partial charge >= 0.3 is 0 Å². The standard InChI is InChI=1S/C17H18O5/c1-20-14-9-11(10-15(21-2)17(14)22-3)7-8-12-5-4-6-13(18)16(12)19/h4-10,18-19H,1-3H3. The molecule has 0 saturated carbocycles. The van der Waals surface area contributed by atoms with Crippen molar-refractivity contribution in [3.05, 3.63) is 41.5 Å². The highest BCUT2D eigenvalue weighted by Gasteiger charge is 2.12. The van der Waals surface area contributed by atoms with Crippen molar-refractivity contribution >= 4 is 12.2 Å². The minimum absolute atomic E-state index is 0.160. The van der Waals surface area contributed by atoms with Crippen molar-refractivity contribution in [3.63, 3.8) is 0 Å². The van der Waals surface area contributed by atoms with Crippen LogP contribution in [0.4, 0.5) is 0 Å². The van der Waals surface area contributed by atoms with Crippen molar-refractivity contribution in [3.8, 4) is 28.7 Å². The Morgan fingerprint density at radius 3 is 2.05 bits per heavy atom. The van der Waals surface area contributed by atoms with Gasteiger partial charge in [-0.25, -0.2) is 0 Å². The van der Waals surface area contributed by atoms with E-state index >= 15 is 0 Å². The number of benzene rings is 2. The number of phenolic OH excluding ortho intramolecular Hbond substituents is 2. The lowest BCUT2D eigenvalue weighted by molar-refractivity contribution is 0.324. The van der Waals surface area contributed by atoms with Crippen molar-refractivity contribution in [1.29, 1.82) is 0 Å². The molecule has 0 radical (unpaired) electrons. The summed E-state index contributed by atoms with van der Waals surface area (Å²) in [5.41, 5.74) is 1.31. The lowest BCUT2D eigenvalue weighted by Crippen LogP contribution is -1.95. The van der Waals surface area contributed by atoms with Gasteiger partial charge in [0.15, 0.2) is 23.0 Å². The molecule has 5 heteroatoms. The molecule has 0 saturated heterocycles. The maximum absolute atomic E-state index is 9.79. The normalized spacial score (nSPS) is 10.7. The number of para-hydroxylation sites is 1. The van der Waals surface area contributed by atoms with Crippen molar-refractivity contribution in [2.45, 2.75) is 0 Å². The second-order valence-corrected chi connectivity index (χ2v) is 4.51. The van der Waals surface area contributed by atoms with Gasteiger partial charge < -0.3 is 24.4 Å². The summed E-state index contributed by atoms with van der Waals surface area (Å²) in [7, 11) is 4.64. The van der Waals surface area contributed by atoms with Crippen LogP contribution in [0.3, 0.4) is 0 Å². The van der Waals surface area contributed by atoms with E-state index in [-0.39, 0.29) is 11.5 Å². The van der Waals surface area contributed by atoms with Gasteiger partial charge in [0.2, 0.25) is 5.75 Å². The fourth-order valence-electron chi connectivity index (χ4n) is 2.07. The Morgan fingerprint density at radius 1 is 0.864 bits per heavy atom. The van der Waals surface area contributed by atoms with Crippen molar-refractivity contribution in [2.24, 2.45) is 0 Å². The molecule has 0 aliphatic carbocycles. The monoisotopic (exact) mass is 302 g/mol. The topological polar surface area (TPSA) is 68.2 Å². The van der Waals surface area contributed by atoms with Crippen LogP contribution < -0.4 is 14.2 Å². The van der Waals surface area contributed by atoms with Crippen LogP contribution in [-0.2, 0) is 0 Å². The van der Waals surface area contributed by atoms with Gasteiger partial charge in [-0.3, -0.25) is 0 Å². The van der Waals surface area contributed by atoms with E-state index in [9.17, 15) is 10.2 Å². The quantitative estimate of drug-likeness (QED) is 0.655.